The van der Waals surface area contributed by atoms with E-state index in [0.29, 0.717) is 39.6 Å². The van der Waals surface area contributed by atoms with Crippen LogP contribution in [0.15, 0.2) is 24.3 Å². The Morgan fingerprint density at radius 3 is 2.17 bits per heavy atom. The van der Waals surface area contributed by atoms with Gasteiger partial charge in [0.25, 0.3) is 5.91 Å². The van der Waals surface area contributed by atoms with Gasteiger partial charge in [0.15, 0.2) is 5.78 Å². The van der Waals surface area contributed by atoms with Crippen LogP contribution >= 0.6 is 11.6 Å². The van der Waals surface area contributed by atoms with Crippen molar-refractivity contribution >= 4 is 29.3 Å². The highest BCUT2D eigenvalue weighted by Crippen LogP contribution is 2.25. The van der Waals surface area contributed by atoms with Gasteiger partial charge in [-0.15, -0.1) is 0 Å². The lowest BCUT2D eigenvalue weighted by molar-refractivity contribution is 0.0587. The molecule has 2 aromatic rings. The first-order valence-electron chi connectivity index (χ1n) is 9.86. The third-order valence-corrected chi connectivity index (χ3v) is 5.57. The predicted molar refractivity (Wildman–Crippen MR) is 117 cm³/mol. The van der Waals surface area contributed by atoms with Gasteiger partial charge in [-0.25, -0.2) is 4.79 Å². The van der Waals surface area contributed by atoms with Gasteiger partial charge in [0.1, 0.15) is 5.69 Å². The maximum Gasteiger partial charge on any atom is 0.354 e. The highest BCUT2D eigenvalue weighted by Gasteiger charge is 2.33. The molecule has 1 aromatic carbocycles. The Kier molecular flexibility index (Phi) is 7.48. The molecule has 0 bridgehead atoms. The van der Waals surface area contributed by atoms with Gasteiger partial charge in [-0.1, -0.05) is 25.4 Å². The fraction of sp³-hybridized carbons (Fsp3) is 0.435. The number of nitrogens with zero attached hydrogens (tertiary/aromatic N) is 2. The fourth-order valence-corrected chi connectivity index (χ4v) is 3.77. The molecule has 1 aromatic heterocycles. The highest BCUT2D eigenvalue weighted by atomic mass is 35.5. The van der Waals surface area contributed by atoms with Crippen molar-refractivity contribution in [3.05, 3.63) is 57.4 Å². The molecule has 0 radical (unpaired) electrons. The van der Waals surface area contributed by atoms with Crippen LogP contribution in [0.25, 0.3) is 0 Å². The average Bonchev–Trinajstić information content (AvgIpc) is 2.93. The predicted octanol–water partition coefficient (Wildman–Crippen LogP) is 4.45. The maximum absolute atomic E-state index is 13.5. The molecule has 0 fully saturated rings. The van der Waals surface area contributed by atoms with Crippen LogP contribution in [0.1, 0.15) is 63.2 Å². The Hall–Kier alpha value is -2.60. The van der Waals surface area contributed by atoms with Crippen LogP contribution in [0.2, 0.25) is 5.02 Å². The third kappa shape index (κ3) is 4.59. The van der Waals surface area contributed by atoms with Gasteiger partial charge in [-0.05, 0) is 56.5 Å². The summed E-state index contributed by atoms with van der Waals surface area (Å²) < 4.78 is 6.53. The molecule has 6 nitrogen and oxygen atoms in total. The summed E-state index contributed by atoms with van der Waals surface area (Å²) >= 11 is 5.94. The second kappa shape index (κ2) is 9.47. The topological polar surface area (TPSA) is 68.6 Å². The lowest BCUT2D eigenvalue weighted by atomic mass is 9.98. The Labute approximate surface area is 182 Å². The van der Waals surface area contributed by atoms with E-state index in [4.69, 9.17) is 16.3 Å². The van der Waals surface area contributed by atoms with Gasteiger partial charge in [0, 0.05) is 35.4 Å². The third-order valence-electron chi connectivity index (χ3n) is 5.32. The highest BCUT2D eigenvalue weighted by molar-refractivity contribution is 6.30. The molecule has 1 amide bonds. The molecule has 0 N–H and O–H groups in total. The van der Waals surface area contributed by atoms with E-state index in [1.54, 1.807) is 61.6 Å². The molecule has 30 heavy (non-hydrogen) atoms. The Balaban J connectivity index is 2.47. The first-order chi connectivity index (χ1) is 14.0. The second-order valence-electron chi connectivity index (χ2n) is 7.88. The van der Waals surface area contributed by atoms with E-state index in [0.717, 1.165) is 0 Å². The minimum atomic E-state index is -0.708. The Bertz CT molecular complexity index is 961. The average molecular weight is 433 g/mol. The number of esters is 1. The standard InChI is InChI=1S/C23H29ClN2O4/c1-13(2)12-26(22(28)17-8-10-18(24)11-9-17)16(5)21(27)19-14(3)20(23(29)30-7)25(6)15(19)4/h8-11,13,16H,12H2,1-7H3/t16-/m1/s1. The monoisotopic (exact) mass is 432 g/mol. The zero-order valence-electron chi connectivity index (χ0n) is 18.6. The zero-order valence-corrected chi connectivity index (χ0v) is 19.3. The second-order valence-corrected chi connectivity index (χ2v) is 8.32. The summed E-state index contributed by atoms with van der Waals surface area (Å²) in [4.78, 5) is 40.5. The molecule has 0 unspecified atom stereocenters. The summed E-state index contributed by atoms with van der Waals surface area (Å²) in [5.74, 6) is -0.777. The number of hydrogen-bond donors (Lipinski definition) is 0. The van der Waals surface area contributed by atoms with Crippen LogP contribution in [-0.4, -0.2) is 46.8 Å². The number of carbonyl (C=O) groups is 3. The smallest absolute Gasteiger partial charge is 0.354 e. The molecule has 162 valence electrons. The van der Waals surface area contributed by atoms with E-state index in [9.17, 15) is 14.4 Å². The molecule has 1 atom stereocenters. The van der Waals surface area contributed by atoms with Crippen molar-refractivity contribution < 1.29 is 19.1 Å². The Morgan fingerprint density at radius 2 is 1.67 bits per heavy atom. The molecule has 2 rings (SSSR count). The molecule has 1 heterocycles. The lowest BCUT2D eigenvalue weighted by Gasteiger charge is -2.30. The van der Waals surface area contributed by atoms with Crippen LogP contribution in [-0.2, 0) is 11.8 Å². The van der Waals surface area contributed by atoms with E-state index >= 15 is 0 Å². The number of amides is 1. The van der Waals surface area contributed by atoms with Gasteiger partial charge in [0.05, 0.1) is 13.2 Å². The molecule has 0 aliphatic rings. The number of aromatic nitrogens is 1. The van der Waals surface area contributed by atoms with E-state index in [1.165, 1.54) is 7.11 Å². The summed E-state index contributed by atoms with van der Waals surface area (Å²) in [6.45, 7) is 9.65. The molecular weight excluding hydrogens is 404 g/mol. The van der Waals surface area contributed by atoms with Crippen molar-refractivity contribution in [2.24, 2.45) is 13.0 Å². The van der Waals surface area contributed by atoms with Gasteiger partial charge >= 0.3 is 5.97 Å². The van der Waals surface area contributed by atoms with Crippen molar-refractivity contribution in [2.75, 3.05) is 13.7 Å². The first kappa shape index (κ1) is 23.7. The summed E-state index contributed by atoms with van der Waals surface area (Å²) in [5, 5.41) is 0.539. The summed E-state index contributed by atoms with van der Waals surface area (Å²) in [6, 6.07) is 5.92. The van der Waals surface area contributed by atoms with Crippen molar-refractivity contribution in [1.29, 1.82) is 0 Å². The number of rotatable bonds is 7. The van der Waals surface area contributed by atoms with E-state index in [1.807, 2.05) is 13.8 Å². The van der Waals surface area contributed by atoms with Crippen LogP contribution < -0.4 is 0 Å². The number of ether oxygens (including phenoxy) is 1. The van der Waals surface area contributed by atoms with E-state index in [2.05, 4.69) is 0 Å². The normalized spacial score (nSPS) is 12.0. The van der Waals surface area contributed by atoms with Crippen LogP contribution in [0, 0.1) is 19.8 Å². The first-order valence-corrected chi connectivity index (χ1v) is 10.2. The number of Topliss-reactive ketones (excluding diaryl/α,β-unsaturated/α-hetero) is 1. The van der Waals surface area contributed by atoms with Gasteiger partial charge in [0.2, 0.25) is 0 Å². The maximum atomic E-state index is 13.5. The van der Waals surface area contributed by atoms with Crippen molar-refractivity contribution in [1.82, 2.24) is 9.47 Å². The van der Waals surface area contributed by atoms with Crippen molar-refractivity contribution in [3.63, 3.8) is 0 Å². The largest absolute Gasteiger partial charge is 0.464 e. The summed E-state index contributed by atoms with van der Waals surface area (Å²) in [5.41, 5.74) is 2.47. The lowest BCUT2D eigenvalue weighted by Crippen LogP contribution is -2.45. The number of ketones is 1. The SMILES string of the molecule is COC(=O)c1c(C)c(C(=O)[C@@H](C)N(CC(C)C)C(=O)c2ccc(Cl)cc2)c(C)n1C. The van der Waals surface area contributed by atoms with E-state index in [-0.39, 0.29) is 17.6 Å². The van der Waals surface area contributed by atoms with Gasteiger partial charge < -0.3 is 14.2 Å². The molecular formula is C23H29ClN2O4. The minimum absolute atomic E-state index is 0.167. The van der Waals surface area contributed by atoms with Crippen LogP contribution in [0.4, 0.5) is 0 Å². The van der Waals surface area contributed by atoms with Crippen LogP contribution in [0.5, 0.6) is 0 Å². The molecule has 7 heteroatoms. The number of carbonyl (C=O) groups excluding carboxylic acids is 3. The fourth-order valence-electron chi connectivity index (χ4n) is 3.65. The molecule has 0 spiro atoms. The van der Waals surface area contributed by atoms with Crippen molar-refractivity contribution in [3.8, 4) is 0 Å². The quantitative estimate of drug-likeness (QED) is 0.478. The van der Waals surface area contributed by atoms with Crippen molar-refractivity contribution in [2.45, 2.75) is 40.7 Å². The van der Waals surface area contributed by atoms with Gasteiger partial charge in [-0.3, -0.25) is 9.59 Å². The number of benzene rings is 1. The Morgan fingerprint density at radius 1 is 1.10 bits per heavy atom. The van der Waals surface area contributed by atoms with Crippen LogP contribution in [0.3, 0.4) is 0 Å². The van der Waals surface area contributed by atoms with E-state index < -0.39 is 12.0 Å². The minimum Gasteiger partial charge on any atom is -0.464 e. The molecule has 0 saturated carbocycles. The number of hydrogen-bond acceptors (Lipinski definition) is 4. The van der Waals surface area contributed by atoms with Gasteiger partial charge in [-0.2, -0.15) is 0 Å². The number of halogens is 1. The summed E-state index contributed by atoms with van der Waals surface area (Å²) in [7, 11) is 3.03. The zero-order chi connectivity index (χ0) is 22.7. The number of methoxy groups -OCH3 is 1. The molecule has 0 aliphatic carbocycles. The molecule has 0 aliphatic heterocycles. The molecule has 0 saturated heterocycles. The summed E-state index contributed by atoms with van der Waals surface area (Å²) in [6.07, 6.45) is 0.